The fraction of sp³-hybridized carbons (Fsp3) is 0.435. The van der Waals surface area contributed by atoms with Crippen molar-refractivity contribution in [1.82, 2.24) is 16.0 Å². The molecule has 1 aromatic rings. The summed E-state index contributed by atoms with van der Waals surface area (Å²) in [4.78, 5) is 75.8. The van der Waals surface area contributed by atoms with Crippen molar-refractivity contribution < 1.29 is 44.1 Å². The van der Waals surface area contributed by atoms with Crippen LogP contribution in [-0.4, -0.2) is 87.6 Å². The number of nitrogens with two attached hydrogens (primary N) is 3. The monoisotopic (exact) mass is 551 g/mol. The highest BCUT2D eigenvalue weighted by Crippen LogP contribution is 2.07. The van der Waals surface area contributed by atoms with Crippen LogP contribution in [0.2, 0.25) is 0 Å². The van der Waals surface area contributed by atoms with E-state index >= 15 is 0 Å². The summed E-state index contributed by atoms with van der Waals surface area (Å²) in [5.41, 5.74) is 16.7. The Bertz CT molecular complexity index is 1060. The molecule has 0 aliphatic carbocycles. The molecule has 12 N–H and O–H groups in total. The van der Waals surface area contributed by atoms with Gasteiger partial charge in [-0.2, -0.15) is 0 Å². The van der Waals surface area contributed by atoms with Crippen LogP contribution in [0.1, 0.15) is 31.2 Å². The van der Waals surface area contributed by atoms with E-state index in [1.165, 1.54) is 0 Å². The standard InChI is InChI=1S/C23H33N7O9/c24-13(10-17(31)32)19(35)28-14(7-4-8-27-23(25)26)20(36)29-15(9-12-5-2-1-3-6-12)21(37)30-16(22(38)39)11-18(33)34/h1-3,5-6,13-16H,4,7-11,24H2,(H,28,35)(H,29,36)(H,30,37)(H,31,32)(H,33,34)(H,38,39)(H4,25,26,27). The minimum atomic E-state index is -1.77. The topological polar surface area (TPSA) is 290 Å². The van der Waals surface area contributed by atoms with Crippen molar-refractivity contribution in [2.45, 2.75) is 56.3 Å². The molecule has 0 saturated heterocycles. The van der Waals surface area contributed by atoms with Crippen molar-refractivity contribution in [3.05, 3.63) is 35.9 Å². The molecule has 0 spiro atoms. The van der Waals surface area contributed by atoms with Crippen LogP contribution in [0, 0.1) is 0 Å². The molecule has 1 aromatic carbocycles. The van der Waals surface area contributed by atoms with Gasteiger partial charge >= 0.3 is 17.9 Å². The van der Waals surface area contributed by atoms with Crippen molar-refractivity contribution in [3.8, 4) is 0 Å². The van der Waals surface area contributed by atoms with Gasteiger partial charge in [-0.3, -0.25) is 29.0 Å². The van der Waals surface area contributed by atoms with E-state index in [0.717, 1.165) is 0 Å². The number of aliphatic imine (C=N–C) groups is 1. The molecule has 16 nitrogen and oxygen atoms in total. The molecule has 39 heavy (non-hydrogen) atoms. The third-order valence-corrected chi connectivity index (χ3v) is 5.22. The Hall–Kier alpha value is -4.73. The van der Waals surface area contributed by atoms with Crippen LogP contribution in [0.15, 0.2) is 35.3 Å². The lowest BCUT2D eigenvalue weighted by Gasteiger charge is -2.25. The van der Waals surface area contributed by atoms with Gasteiger partial charge in [-0.05, 0) is 18.4 Å². The number of carbonyl (C=O) groups excluding carboxylic acids is 3. The second kappa shape index (κ2) is 16.2. The van der Waals surface area contributed by atoms with Gasteiger partial charge in [0.15, 0.2) is 5.96 Å². The third-order valence-electron chi connectivity index (χ3n) is 5.22. The maximum Gasteiger partial charge on any atom is 0.326 e. The van der Waals surface area contributed by atoms with Gasteiger partial charge in [0.2, 0.25) is 17.7 Å². The fourth-order valence-electron chi connectivity index (χ4n) is 3.31. The molecule has 0 aliphatic rings. The van der Waals surface area contributed by atoms with Gasteiger partial charge in [-0.15, -0.1) is 0 Å². The molecular weight excluding hydrogens is 518 g/mol. The van der Waals surface area contributed by atoms with Gasteiger partial charge in [0, 0.05) is 13.0 Å². The number of carboxylic acids is 3. The zero-order valence-electron chi connectivity index (χ0n) is 20.9. The van der Waals surface area contributed by atoms with E-state index in [0.29, 0.717) is 5.56 Å². The summed E-state index contributed by atoms with van der Waals surface area (Å²) in [6.45, 7) is 0.0899. The highest BCUT2D eigenvalue weighted by Gasteiger charge is 2.31. The first-order valence-electron chi connectivity index (χ1n) is 11.7. The summed E-state index contributed by atoms with van der Waals surface area (Å²) in [7, 11) is 0. The second-order valence-corrected chi connectivity index (χ2v) is 8.46. The van der Waals surface area contributed by atoms with Crippen LogP contribution in [-0.2, 0) is 35.2 Å². The normalized spacial score (nSPS) is 13.6. The average Bonchev–Trinajstić information content (AvgIpc) is 2.84. The molecule has 3 amide bonds. The summed E-state index contributed by atoms with van der Waals surface area (Å²) < 4.78 is 0. The number of hydrogen-bond donors (Lipinski definition) is 9. The van der Waals surface area contributed by atoms with Crippen LogP contribution in [0.25, 0.3) is 0 Å². The Morgan fingerprint density at radius 1 is 0.769 bits per heavy atom. The third kappa shape index (κ3) is 12.9. The average molecular weight is 552 g/mol. The smallest absolute Gasteiger partial charge is 0.326 e. The van der Waals surface area contributed by atoms with Crippen LogP contribution in [0.5, 0.6) is 0 Å². The predicted octanol–water partition coefficient (Wildman–Crippen LogP) is -2.90. The highest BCUT2D eigenvalue weighted by atomic mass is 16.4. The van der Waals surface area contributed by atoms with Gasteiger partial charge in [-0.1, -0.05) is 30.3 Å². The summed E-state index contributed by atoms with van der Waals surface area (Å²) in [6.07, 6.45) is -1.55. The molecule has 0 heterocycles. The fourth-order valence-corrected chi connectivity index (χ4v) is 3.31. The SMILES string of the molecule is NC(N)=NCCCC(NC(=O)C(N)CC(=O)O)C(=O)NC(Cc1ccccc1)C(=O)NC(CC(=O)O)C(=O)O. The molecule has 0 aliphatic heterocycles. The number of nitrogens with one attached hydrogen (secondary N) is 3. The highest BCUT2D eigenvalue weighted by molar-refractivity contribution is 5.95. The van der Waals surface area contributed by atoms with E-state index in [1.807, 2.05) is 0 Å². The zero-order valence-corrected chi connectivity index (χ0v) is 20.9. The van der Waals surface area contributed by atoms with Crippen LogP contribution < -0.4 is 33.2 Å². The lowest BCUT2D eigenvalue weighted by atomic mass is 10.0. The maximum absolute atomic E-state index is 13.2. The van der Waals surface area contributed by atoms with Crippen molar-refractivity contribution in [2.24, 2.45) is 22.2 Å². The van der Waals surface area contributed by atoms with E-state index in [-0.39, 0.29) is 31.8 Å². The largest absolute Gasteiger partial charge is 0.481 e. The van der Waals surface area contributed by atoms with Gasteiger partial charge in [0.05, 0.1) is 18.9 Å². The Morgan fingerprint density at radius 3 is 1.85 bits per heavy atom. The number of carbonyl (C=O) groups is 6. The van der Waals surface area contributed by atoms with Gasteiger partial charge < -0.3 is 48.5 Å². The molecule has 0 saturated carbocycles. The van der Waals surface area contributed by atoms with E-state index in [9.17, 15) is 33.9 Å². The van der Waals surface area contributed by atoms with Crippen LogP contribution in [0.3, 0.4) is 0 Å². The Morgan fingerprint density at radius 2 is 1.31 bits per heavy atom. The lowest BCUT2D eigenvalue weighted by molar-refractivity contribution is -0.147. The maximum atomic E-state index is 13.2. The molecule has 1 rings (SSSR count). The number of nitrogens with zero attached hydrogens (tertiary/aromatic N) is 1. The number of benzene rings is 1. The molecule has 0 aromatic heterocycles. The predicted molar refractivity (Wildman–Crippen MR) is 136 cm³/mol. The summed E-state index contributed by atoms with van der Waals surface area (Å²) in [5.74, 6) is -7.36. The minimum Gasteiger partial charge on any atom is -0.481 e. The Balaban J connectivity index is 3.17. The zero-order chi connectivity index (χ0) is 29.5. The van der Waals surface area contributed by atoms with Crippen LogP contribution in [0.4, 0.5) is 0 Å². The molecule has 0 fully saturated rings. The molecule has 4 atom stereocenters. The second-order valence-electron chi connectivity index (χ2n) is 8.46. The quantitative estimate of drug-likeness (QED) is 0.0535. The van der Waals surface area contributed by atoms with Crippen molar-refractivity contribution in [1.29, 1.82) is 0 Å². The first-order valence-corrected chi connectivity index (χ1v) is 11.7. The van der Waals surface area contributed by atoms with E-state index in [4.69, 9.17) is 27.4 Å². The number of guanidine groups is 1. The molecule has 0 radical (unpaired) electrons. The van der Waals surface area contributed by atoms with E-state index < -0.39 is 72.6 Å². The number of amides is 3. The molecule has 4 unspecified atom stereocenters. The van der Waals surface area contributed by atoms with E-state index in [1.54, 1.807) is 30.3 Å². The molecule has 214 valence electrons. The number of rotatable bonds is 17. The summed E-state index contributed by atoms with van der Waals surface area (Å²) >= 11 is 0. The number of carboxylic acid groups (broad SMARTS) is 3. The summed E-state index contributed by atoms with van der Waals surface area (Å²) in [5, 5.41) is 34.0. The van der Waals surface area contributed by atoms with Gasteiger partial charge in [-0.25, -0.2) is 4.79 Å². The van der Waals surface area contributed by atoms with Gasteiger partial charge in [0.25, 0.3) is 0 Å². The van der Waals surface area contributed by atoms with Crippen LogP contribution >= 0.6 is 0 Å². The number of hydrogen-bond acceptors (Lipinski definition) is 8. The van der Waals surface area contributed by atoms with Crippen molar-refractivity contribution in [3.63, 3.8) is 0 Å². The Kier molecular flexibility index (Phi) is 13.4. The first-order chi connectivity index (χ1) is 18.3. The first kappa shape index (κ1) is 32.3. The molecular formula is C23H33N7O9. The summed E-state index contributed by atoms with van der Waals surface area (Å²) in [6, 6.07) is 2.45. The molecule has 16 heteroatoms. The van der Waals surface area contributed by atoms with Crippen molar-refractivity contribution >= 4 is 41.6 Å². The Labute approximate surface area is 223 Å². The van der Waals surface area contributed by atoms with E-state index in [2.05, 4.69) is 20.9 Å². The minimum absolute atomic E-state index is 0.0371. The van der Waals surface area contributed by atoms with Gasteiger partial charge in [0.1, 0.15) is 18.1 Å². The number of aliphatic carboxylic acids is 3. The lowest BCUT2D eigenvalue weighted by Crippen LogP contribution is -2.58. The molecule has 0 bridgehead atoms. The van der Waals surface area contributed by atoms with Crippen molar-refractivity contribution in [2.75, 3.05) is 6.54 Å².